The molecule has 0 spiro atoms. The topological polar surface area (TPSA) is 40.5 Å². The number of halogens is 1. The quantitative estimate of drug-likeness (QED) is 0.917. The molecule has 1 aliphatic rings. The van der Waals surface area contributed by atoms with E-state index in [1.54, 1.807) is 12.1 Å². The van der Waals surface area contributed by atoms with E-state index >= 15 is 0 Å². The van der Waals surface area contributed by atoms with Crippen molar-refractivity contribution in [2.45, 2.75) is 25.7 Å². The van der Waals surface area contributed by atoms with E-state index in [0.29, 0.717) is 11.5 Å². The van der Waals surface area contributed by atoms with E-state index < -0.39 is 5.97 Å². The van der Waals surface area contributed by atoms with Crippen molar-refractivity contribution in [2.75, 3.05) is 19.6 Å². The van der Waals surface area contributed by atoms with Gasteiger partial charge in [0.15, 0.2) is 0 Å². The van der Waals surface area contributed by atoms with Gasteiger partial charge in [0.05, 0.1) is 5.56 Å². The van der Waals surface area contributed by atoms with Crippen molar-refractivity contribution in [3.05, 3.63) is 35.4 Å². The molecule has 0 atom stereocenters. The average molecular weight is 270 g/mol. The van der Waals surface area contributed by atoms with Crippen LogP contribution in [-0.2, 0) is 0 Å². The van der Waals surface area contributed by atoms with Crippen LogP contribution in [-0.4, -0.2) is 35.6 Å². The molecule has 1 aromatic carbocycles. The Hall–Kier alpha value is -1.06. The number of likely N-dealkylation sites (tertiary alicyclic amines) is 1. The molecule has 2 rings (SSSR count). The molecule has 1 fully saturated rings. The maximum absolute atomic E-state index is 10.8. The number of carboxylic acids is 1. The molecule has 1 aliphatic heterocycles. The first-order valence-corrected chi connectivity index (χ1v) is 6.26. The lowest BCUT2D eigenvalue weighted by atomic mass is 9.89. The zero-order valence-electron chi connectivity index (χ0n) is 10.6. The van der Waals surface area contributed by atoms with Crippen molar-refractivity contribution < 1.29 is 9.90 Å². The number of rotatable bonds is 3. The van der Waals surface area contributed by atoms with Crippen LogP contribution in [0.4, 0.5) is 0 Å². The summed E-state index contributed by atoms with van der Waals surface area (Å²) in [5, 5.41) is 8.85. The Balaban J connectivity index is 0.00000162. The van der Waals surface area contributed by atoms with E-state index in [9.17, 15) is 4.79 Å². The van der Waals surface area contributed by atoms with E-state index in [1.807, 2.05) is 12.1 Å². The maximum atomic E-state index is 10.8. The third kappa shape index (κ3) is 3.47. The van der Waals surface area contributed by atoms with Crippen molar-refractivity contribution >= 4 is 18.4 Å². The number of carboxylic acid groups (broad SMARTS) is 1. The van der Waals surface area contributed by atoms with Crippen LogP contribution >= 0.6 is 12.4 Å². The van der Waals surface area contributed by atoms with Gasteiger partial charge in [-0.1, -0.05) is 19.1 Å². The van der Waals surface area contributed by atoms with Gasteiger partial charge in [-0.2, -0.15) is 0 Å². The van der Waals surface area contributed by atoms with E-state index in [2.05, 4.69) is 11.8 Å². The maximum Gasteiger partial charge on any atom is 0.335 e. The number of piperidine rings is 1. The second kappa shape index (κ2) is 6.76. The Labute approximate surface area is 114 Å². The summed E-state index contributed by atoms with van der Waals surface area (Å²) >= 11 is 0. The van der Waals surface area contributed by atoms with Crippen molar-refractivity contribution in [3.8, 4) is 0 Å². The van der Waals surface area contributed by atoms with Gasteiger partial charge in [-0.05, 0) is 56.1 Å². The number of benzene rings is 1. The molecule has 18 heavy (non-hydrogen) atoms. The van der Waals surface area contributed by atoms with Gasteiger partial charge in [0.2, 0.25) is 0 Å². The van der Waals surface area contributed by atoms with Crippen LogP contribution in [0, 0.1) is 0 Å². The lowest BCUT2D eigenvalue weighted by molar-refractivity contribution is 0.0697. The van der Waals surface area contributed by atoms with Crippen LogP contribution in [0.5, 0.6) is 0 Å². The van der Waals surface area contributed by atoms with Crippen molar-refractivity contribution in [1.29, 1.82) is 0 Å². The number of carbonyl (C=O) groups is 1. The Morgan fingerprint density at radius 3 is 2.28 bits per heavy atom. The highest BCUT2D eigenvalue weighted by molar-refractivity contribution is 5.87. The minimum atomic E-state index is -0.850. The SMILES string of the molecule is CCN1CCC(c2ccc(C(=O)O)cc2)CC1.Cl. The molecule has 1 aromatic rings. The zero-order valence-corrected chi connectivity index (χ0v) is 11.4. The van der Waals surface area contributed by atoms with Crippen LogP contribution in [0.15, 0.2) is 24.3 Å². The highest BCUT2D eigenvalue weighted by Gasteiger charge is 2.19. The van der Waals surface area contributed by atoms with Crippen molar-refractivity contribution in [1.82, 2.24) is 4.90 Å². The monoisotopic (exact) mass is 269 g/mol. The van der Waals surface area contributed by atoms with Gasteiger partial charge in [0, 0.05) is 0 Å². The van der Waals surface area contributed by atoms with Crippen LogP contribution < -0.4 is 0 Å². The van der Waals surface area contributed by atoms with Gasteiger partial charge in [-0.15, -0.1) is 12.4 Å². The molecular weight excluding hydrogens is 250 g/mol. The predicted molar refractivity (Wildman–Crippen MR) is 74.7 cm³/mol. The normalized spacial score (nSPS) is 17.2. The van der Waals surface area contributed by atoms with E-state index in [1.165, 1.54) is 18.4 Å². The van der Waals surface area contributed by atoms with Crippen LogP contribution in [0.25, 0.3) is 0 Å². The second-order valence-electron chi connectivity index (χ2n) is 4.64. The Kier molecular flexibility index (Phi) is 5.63. The lowest BCUT2D eigenvalue weighted by Crippen LogP contribution is -2.32. The summed E-state index contributed by atoms with van der Waals surface area (Å²) in [6.07, 6.45) is 2.36. The molecule has 1 N–H and O–H groups in total. The van der Waals surface area contributed by atoms with Gasteiger partial charge < -0.3 is 10.0 Å². The summed E-state index contributed by atoms with van der Waals surface area (Å²) in [6.45, 7) is 5.64. The minimum absolute atomic E-state index is 0. The molecule has 1 heterocycles. The first-order chi connectivity index (χ1) is 8.20. The van der Waals surface area contributed by atoms with E-state index in [0.717, 1.165) is 19.6 Å². The number of aromatic carboxylic acids is 1. The largest absolute Gasteiger partial charge is 0.478 e. The molecule has 100 valence electrons. The molecule has 4 heteroatoms. The fourth-order valence-electron chi connectivity index (χ4n) is 2.48. The number of hydrogen-bond donors (Lipinski definition) is 1. The first kappa shape index (κ1) is 15.0. The molecule has 1 saturated heterocycles. The molecule has 0 radical (unpaired) electrons. The Morgan fingerprint density at radius 1 is 1.28 bits per heavy atom. The molecule has 0 aromatic heterocycles. The molecule has 0 bridgehead atoms. The summed E-state index contributed by atoms with van der Waals surface area (Å²) in [6, 6.07) is 7.36. The van der Waals surface area contributed by atoms with Crippen molar-refractivity contribution in [3.63, 3.8) is 0 Å². The van der Waals surface area contributed by atoms with E-state index in [-0.39, 0.29) is 12.4 Å². The summed E-state index contributed by atoms with van der Waals surface area (Å²) in [5.74, 6) is -0.252. The summed E-state index contributed by atoms with van der Waals surface area (Å²) < 4.78 is 0. The Bertz CT molecular complexity index is 383. The van der Waals surface area contributed by atoms with Gasteiger partial charge in [0.25, 0.3) is 0 Å². The standard InChI is InChI=1S/C14H19NO2.ClH/c1-2-15-9-7-12(8-10-15)11-3-5-13(6-4-11)14(16)17;/h3-6,12H,2,7-10H2,1H3,(H,16,17);1H. The van der Waals surface area contributed by atoms with E-state index in [4.69, 9.17) is 5.11 Å². The van der Waals surface area contributed by atoms with Crippen LogP contribution in [0.3, 0.4) is 0 Å². The molecule has 0 unspecified atom stereocenters. The highest BCUT2D eigenvalue weighted by atomic mass is 35.5. The number of hydrogen-bond acceptors (Lipinski definition) is 2. The summed E-state index contributed by atoms with van der Waals surface area (Å²) in [7, 11) is 0. The fraction of sp³-hybridized carbons (Fsp3) is 0.500. The molecule has 0 amide bonds. The molecule has 3 nitrogen and oxygen atoms in total. The lowest BCUT2D eigenvalue weighted by Gasteiger charge is -2.31. The van der Waals surface area contributed by atoms with Gasteiger partial charge in [0.1, 0.15) is 0 Å². The van der Waals surface area contributed by atoms with Gasteiger partial charge >= 0.3 is 5.97 Å². The second-order valence-corrected chi connectivity index (χ2v) is 4.64. The predicted octanol–water partition coefficient (Wildman–Crippen LogP) is 3.01. The Morgan fingerprint density at radius 2 is 1.83 bits per heavy atom. The first-order valence-electron chi connectivity index (χ1n) is 6.26. The molecular formula is C14H20ClNO2. The average Bonchev–Trinajstić information content (AvgIpc) is 2.39. The third-order valence-corrected chi connectivity index (χ3v) is 3.66. The zero-order chi connectivity index (χ0) is 12.3. The molecule has 0 saturated carbocycles. The smallest absolute Gasteiger partial charge is 0.335 e. The number of nitrogens with zero attached hydrogens (tertiary/aromatic N) is 1. The van der Waals surface area contributed by atoms with Gasteiger partial charge in [-0.3, -0.25) is 0 Å². The summed E-state index contributed by atoms with van der Waals surface area (Å²) in [4.78, 5) is 13.2. The van der Waals surface area contributed by atoms with Crippen LogP contribution in [0.1, 0.15) is 41.6 Å². The fourth-order valence-corrected chi connectivity index (χ4v) is 2.48. The minimum Gasteiger partial charge on any atom is -0.478 e. The third-order valence-electron chi connectivity index (χ3n) is 3.66. The van der Waals surface area contributed by atoms with Crippen molar-refractivity contribution in [2.24, 2.45) is 0 Å². The van der Waals surface area contributed by atoms with Crippen LogP contribution in [0.2, 0.25) is 0 Å². The summed E-state index contributed by atoms with van der Waals surface area (Å²) in [5.41, 5.74) is 1.66. The molecule has 0 aliphatic carbocycles. The highest BCUT2D eigenvalue weighted by Crippen LogP contribution is 2.27. The van der Waals surface area contributed by atoms with Gasteiger partial charge in [-0.25, -0.2) is 4.79 Å².